The molecule has 0 fully saturated rings. The standard InChI is InChI=1S/C15H16BrNS/c1-15(2)9-17-8-10-7-13(18-14(10)15)11-5-3-4-6-12(11)16/h3-7,17H,8-9H2,1-2H3. The minimum atomic E-state index is 0.248. The molecule has 2 aromatic rings. The van der Waals surface area contributed by atoms with E-state index < -0.39 is 0 Å². The fraction of sp³-hybridized carbons (Fsp3) is 0.333. The Kier molecular flexibility index (Phi) is 3.08. The lowest BCUT2D eigenvalue weighted by atomic mass is 9.86. The smallest absolute Gasteiger partial charge is 0.0360 e. The molecular weight excluding hydrogens is 306 g/mol. The van der Waals surface area contributed by atoms with Crippen LogP contribution in [0.15, 0.2) is 34.8 Å². The van der Waals surface area contributed by atoms with E-state index in [1.807, 2.05) is 11.3 Å². The minimum absolute atomic E-state index is 0.248. The Morgan fingerprint density at radius 3 is 2.78 bits per heavy atom. The van der Waals surface area contributed by atoms with E-state index in [9.17, 15) is 0 Å². The summed E-state index contributed by atoms with van der Waals surface area (Å²) in [6.07, 6.45) is 0. The van der Waals surface area contributed by atoms with Crippen LogP contribution in [0.5, 0.6) is 0 Å². The van der Waals surface area contributed by atoms with E-state index >= 15 is 0 Å². The van der Waals surface area contributed by atoms with Crippen LogP contribution in [0, 0.1) is 0 Å². The van der Waals surface area contributed by atoms with Gasteiger partial charge in [0.25, 0.3) is 0 Å². The van der Waals surface area contributed by atoms with Crippen molar-refractivity contribution < 1.29 is 0 Å². The average molecular weight is 322 g/mol. The quantitative estimate of drug-likeness (QED) is 0.812. The summed E-state index contributed by atoms with van der Waals surface area (Å²) in [5.74, 6) is 0. The lowest BCUT2D eigenvalue weighted by Gasteiger charge is -2.30. The van der Waals surface area contributed by atoms with Gasteiger partial charge >= 0.3 is 0 Å². The predicted molar refractivity (Wildman–Crippen MR) is 82.2 cm³/mol. The molecule has 0 saturated heterocycles. The van der Waals surface area contributed by atoms with Gasteiger partial charge in [0.15, 0.2) is 0 Å². The number of hydrogen-bond acceptors (Lipinski definition) is 2. The average Bonchev–Trinajstić information content (AvgIpc) is 2.74. The van der Waals surface area contributed by atoms with Gasteiger partial charge in [-0.25, -0.2) is 0 Å². The van der Waals surface area contributed by atoms with Gasteiger partial charge in [-0.15, -0.1) is 11.3 Å². The van der Waals surface area contributed by atoms with Crippen molar-refractivity contribution in [1.29, 1.82) is 0 Å². The van der Waals surface area contributed by atoms with Gasteiger partial charge in [-0.1, -0.05) is 48.0 Å². The van der Waals surface area contributed by atoms with Gasteiger partial charge in [-0.05, 0) is 17.7 Å². The fourth-order valence-corrected chi connectivity index (χ4v) is 4.47. The number of rotatable bonds is 1. The predicted octanol–water partition coefficient (Wildman–Crippen LogP) is 4.56. The molecule has 0 radical (unpaired) electrons. The molecule has 1 aromatic carbocycles. The first kappa shape index (κ1) is 12.4. The molecule has 3 rings (SSSR count). The third-order valence-corrected chi connectivity index (χ3v) is 5.71. The summed E-state index contributed by atoms with van der Waals surface area (Å²) < 4.78 is 1.18. The molecule has 1 aliphatic heterocycles. The summed E-state index contributed by atoms with van der Waals surface area (Å²) in [7, 11) is 0. The van der Waals surface area contributed by atoms with Crippen molar-refractivity contribution in [3.05, 3.63) is 45.2 Å². The molecule has 0 bridgehead atoms. The molecule has 2 heterocycles. The lowest BCUT2D eigenvalue weighted by Crippen LogP contribution is -2.37. The highest BCUT2D eigenvalue weighted by atomic mass is 79.9. The van der Waals surface area contributed by atoms with Gasteiger partial charge in [-0.3, -0.25) is 0 Å². The van der Waals surface area contributed by atoms with Crippen molar-refractivity contribution >= 4 is 27.3 Å². The highest BCUT2D eigenvalue weighted by Crippen LogP contribution is 2.42. The fourth-order valence-electron chi connectivity index (χ4n) is 2.52. The molecule has 0 aliphatic carbocycles. The minimum Gasteiger partial charge on any atom is -0.312 e. The summed E-state index contributed by atoms with van der Waals surface area (Å²) in [5, 5.41) is 3.51. The zero-order valence-electron chi connectivity index (χ0n) is 10.6. The van der Waals surface area contributed by atoms with Crippen molar-refractivity contribution in [3.63, 3.8) is 0 Å². The maximum atomic E-state index is 3.65. The molecule has 0 saturated carbocycles. The first-order chi connectivity index (χ1) is 8.58. The van der Waals surface area contributed by atoms with Crippen LogP contribution in [0.4, 0.5) is 0 Å². The number of fused-ring (bicyclic) bond motifs is 1. The number of thiophene rings is 1. The largest absolute Gasteiger partial charge is 0.312 e. The molecule has 3 heteroatoms. The number of halogens is 1. The van der Waals surface area contributed by atoms with E-state index in [-0.39, 0.29) is 5.41 Å². The summed E-state index contributed by atoms with van der Waals surface area (Å²) in [6, 6.07) is 10.8. The maximum absolute atomic E-state index is 3.65. The molecule has 0 atom stereocenters. The first-order valence-electron chi connectivity index (χ1n) is 6.17. The van der Waals surface area contributed by atoms with Crippen LogP contribution >= 0.6 is 27.3 Å². The third kappa shape index (κ3) is 2.04. The van der Waals surface area contributed by atoms with Crippen LogP contribution in [-0.2, 0) is 12.0 Å². The van der Waals surface area contributed by atoms with Crippen LogP contribution in [0.3, 0.4) is 0 Å². The highest BCUT2D eigenvalue weighted by molar-refractivity contribution is 9.10. The lowest BCUT2D eigenvalue weighted by molar-refractivity contribution is 0.445. The molecule has 0 unspecified atom stereocenters. The van der Waals surface area contributed by atoms with Crippen LogP contribution in [0.25, 0.3) is 10.4 Å². The second-order valence-corrected chi connectivity index (χ2v) is 7.34. The first-order valence-corrected chi connectivity index (χ1v) is 7.78. The maximum Gasteiger partial charge on any atom is 0.0360 e. The number of benzene rings is 1. The van der Waals surface area contributed by atoms with Gasteiger partial charge in [0, 0.05) is 38.3 Å². The Morgan fingerprint density at radius 1 is 1.28 bits per heavy atom. The van der Waals surface area contributed by atoms with E-state index in [0.717, 1.165) is 13.1 Å². The van der Waals surface area contributed by atoms with Gasteiger partial charge in [0.05, 0.1) is 0 Å². The molecule has 0 amide bonds. The third-order valence-electron chi connectivity index (χ3n) is 3.45. The number of hydrogen-bond donors (Lipinski definition) is 1. The normalized spacial score (nSPS) is 17.5. The molecule has 1 N–H and O–H groups in total. The molecule has 0 spiro atoms. The van der Waals surface area contributed by atoms with Crippen molar-refractivity contribution in [2.24, 2.45) is 0 Å². The number of nitrogens with one attached hydrogen (secondary N) is 1. The zero-order chi connectivity index (χ0) is 12.8. The molecule has 94 valence electrons. The van der Waals surface area contributed by atoms with Crippen molar-refractivity contribution in [2.45, 2.75) is 25.8 Å². The molecule has 1 aromatic heterocycles. The van der Waals surface area contributed by atoms with E-state index in [0.29, 0.717) is 0 Å². The summed E-state index contributed by atoms with van der Waals surface area (Å²) >= 11 is 5.59. The van der Waals surface area contributed by atoms with Gasteiger partial charge in [0.1, 0.15) is 0 Å². The van der Waals surface area contributed by atoms with Crippen molar-refractivity contribution in [2.75, 3.05) is 6.54 Å². The SMILES string of the molecule is CC1(C)CNCc2cc(-c3ccccc3Br)sc21. The van der Waals surface area contributed by atoms with E-state index in [1.54, 1.807) is 0 Å². The van der Waals surface area contributed by atoms with E-state index in [4.69, 9.17) is 0 Å². The van der Waals surface area contributed by atoms with Crippen LogP contribution in [0.1, 0.15) is 24.3 Å². The van der Waals surface area contributed by atoms with Gasteiger partial charge in [0.2, 0.25) is 0 Å². The topological polar surface area (TPSA) is 12.0 Å². The van der Waals surface area contributed by atoms with E-state index in [1.165, 1.54) is 25.4 Å². The van der Waals surface area contributed by atoms with Gasteiger partial charge < -0.3 is 5.32 Å². The summed E-state index contributed by atoms with van der Waals surface area (Å²) in [4.78, 5) is 2.90. The molecule has 1 aliphatic rings. The Hall–Kier alpha value is -0.640. The van der Waals surface area contributed by atoms with Crippen molar-refractivity contribution in [1.82, 2.24) is 5.32 Å². The van der Waals surface area contributed by atoms with Crippen molar-refractivity contribution in [3.8, 4) is 10.4 Å². The van der Waals surface area contributed by atoms with Crippen LogP contribution in [0.2, 0.25) is 0 Å². The van der Waals surface area contributed by atoms with Crippen LogP contribution < -0.4 is 5.32 Å². The second-order valence-electron chi connectivity index (χ2n) is 5.43. The summed E-state index contributed by atoms with van der Waals surface area (Å²) in [5.41, 5.74) is 3.01. The Labute approximate surface area is 120 Å². The van der Waals surface area contributed by atoms with Gasteiger partial charge in [-0.2, -0.15) is 0 Å². The molecular formula is C15H16BrNS. The monoisotopic (exact) mass is 321 g/mol. The Bertz CT molecular complexity index is 586. The highest BCUT2D eigenvalue weighted by Gasteiger charge is 2.29. The second kappa shape index (κ2) is 4.48. The van der Waals surface area contributed by atoms with Crippen LogP contribution in [-0.4, -0.2) is 6.54 Å². The zero-order valence-corrected chi connectivity index (χ0v) is 13.0. The molecule has 18 heavy (non-hydrogen) atoms. The summed E-state index contributed by atoms with van der Waals surface area (Å²) in [6.45, 7) is 6.70. The Morgan fingerprint density at radius 2 is 2.06 bits per heavy atom. The molecule has 1 nitrogen and oxygen atoms in total. The van der Waals surface area contributed by atoms with E-state index in [2.05, 4.69) is 65.4 Å². The Balaban J connectivity index is 2.12.